The largest absolute Gasteiger partial charge is 0.494 e. The van der Waals surface area contributed by atoms with Gasteiger partial charge in [0, 0.05) is 15.3 Å². The molecule has 0 radical (unpaired) electrons. The van der Waals surface area contributed by atoms with Crippen LogP contribution in [0.1, 0.15) is 20.3 Å². The Kier molecular flexibility index (Phi) is 6.63. The predicted molar refractivity (Wildman–Crippen MR) is 123 cm³/mol. The van der Waals surface area contributed by atoms with Gasteiger partial charge in [-0.25, -0.2) is 4.79 Å². The maximum Gasteiger partial charge on any atom is 0.329 e. The first-order chi connectivity index (χ1) is 15.2. The lowest BCUT2D eigenvalue weighted by Gasteiger charge is -2.28. The van der Waals surface area contributed by atoms with E-state index in [0.29, 0.717) is 18.0 Å². The van der Waals surface area contributed by atoms with Crippen LogP contribution in [0.5, 0.6) is 5.75 Å². The van der Waals surface area contributed by atoms with Gasteiger partial charge in [-0.3, -0.25) is 19.3 Å². The van der Waals surface area contributed by atoms with Crippen LogP contribution >= 0.6 is 31.9 Å². The molecule has 1 N–H and O–H groups in total. The van der Waals surface area contributed by atoms with Crippen LogP contribution in [0.25, 0.3) is 0 Å². The van der Waals surface area contributed by atoms with Crippen molar-refractivity contribution in [3.05, 3.63) is 24.3 Å². The molecule has 2 aliphatic carbocycles. The molecule has 3 amide bonds. The minimum Gasteiger partial charge on any atom is -0.494 e. The molecule has 1 aliphatic heterocycles. The zero-order valence-electron chi connectivity index (χ0n) is 17.6. The lowest BCUT2D eigenvalue weighted by Crippen LogP contribution is -2.45. The molecule has 7 atom stereocenters. The number of ether oxygens (including phenoxy) is 2. The molecule has 2 saturated carbocycles. The van der Waals surface area contributed by atoms with E-state index in [2.05, 4.69) is 37.2 Å². The lowest BCUT2D eigenvalue weighted by atomic mass is 9.81. The van der Waals surface area contributed by atoms with Crippen LogP contribution in [0, 0.1) is 23.7 Å². The molecule has 8 nitrogen and oxygen atoms in total. The van der Waals surface area contributed by atoms with Crippen molar-refractivity contribution < 1.29 is 28.7 Å². The Morgan fingerprint density at radius 2 is 1.66 bits per heavy atom. The Morgan fingerprint density at radius 3 is 2.19 bits per heavy atom. The summed E-state index contributed by atoms with van der Waals surface area (Å²) in [5.74, 6) is -1.93. The van der Waals surface area contributed by atoms with Crippen LogP contribution in [0.2, 0.25) is 0 Å². The summed E-state index contributed by atoms with van der Waals surface area (Å²) in [6.07, 6.45) is 0.817. The van der Waals surface area contributed by atoms with E-state index in [1.54, 1.807) is 24.3 Å². The molecule has 4 rings (SSSR count). The molecule has 3 aliphatic rings. The molecule has 0 unspecified atom stereocenters. The molecule has 0 aromatic heterocycles. The van der Waals surface area contributed by atoms with Crippen LogP contribution in [0.15, 0.2) is 24.3 Å². The van der Waals surface area contributed by atoms with Crippen molar-refractivity contribution >= 4 is 61.2 Å². The zero-order valence-corrected chi connectivity index (χ0v) is 20.8. The predicted octanol–water partition coefficient (Wildman–Crippen LogP) is 2.73. The smallest absolute Gasteiger partial charge is 0.329 e. The highest BCUT2D eigenvalue weighted by molar-refractivity contribution is 9.12. The van der Waals surface area contributed by atoms with Crippen molar-refractivity contribution in [1.29, 1.82) is 0 Å². The first-order valence-electron chi connectivity index (χ1n) is 10.6. The zero-order chi connectivity index (χ0) is 23.2. The van der Waals surface area contributed by atoms with Gasteiger partial charge in [-0.1, -0.05) is 31.9 Å². The standard InChI is InChI=1S/C22H24Br2N2O6/c1-3-31-12-6-4-11(5-7-12)25-15(27)9-32-22(30)10(2)26-20(28)16-13-8-14(17(16)21(26)29)19(24)18(13)23/h4-7,10,13-14,16-19H,3,8-9H2,1-2H3,(H,25,27)/t10-,13+,14+,16-,17+,18-,19+/m0/s1. The van der Waals surface area contributed by atoms with Gasteiger partial charge in [0.15, 0.2) is 6.61 Å². The van der Waals surface area contributed by atoms with Crippen molar-refractivity contribution in [2.45, 2.75) is 36.0 Å². The molecule has 1 heterocycles. The van der Waals surface area contributed by atoms with Crippen molar-refractivity contribution in [2.24, 2.45) is 23.7 Å². The monoisotopic (exact) mass is 570 g/mol. The number of imide groups is 1. The van der Waals surface area contributed by atoms with Crippen LogP contribution in [0.4, 0.5) is 5.69 Å². The average Bonchev–Trinajstić information content (AvgIpc) is 3.38. The van der Waals surface area contributed by atoms with E-state index in [4.69, 9.17) is 9.47 Å². The van der Waals surface area contributed by atoms with Crippen LogP contribution in [-0.2, 0) is 23.9 Å². The number of nitrogens with one attached hydrogen (secondary N) is 1. The van der Waals surface area contributed by atoms with E-state index in [9.17, 15) is 19.2 Å². The maximum absolute atomic E-state index is 13.0. The summed E-state index contributed by atoms with van der Waals surface area (Å²) in [5, 5.41) is 2.62. The number of hydrogen-bond acceptors (Lipinski definition) is 6. The number of likely N-dealkylation sites (tertiary alicyclic amines) is 1. The normalized spacial score (nSPS) is 31.4. The fraction of sp³-hybridized carbons (Fsp3) is 0.545. The highest BCUT2D eigenvalue weighted by Gasteiger charge is 2.67. The van der Waals surface area contributed by atoms with Gasteiger partial charge in [0.25, 0.3) is 5.91 Å². The third-order valence-electron chi connectivity index (χ3n) is 6.54. The Hall–Kier alpha value is -1.94. The minimum atomic E-state index is -1.08. The molecule has 1 aromatic rings. The molecule has 172 valence electrons. The summed E-state index contributed by atoms with van der Waals surface area (Å²) >= 11 is 7.28. The van der Waals surface area contributed by atoms with E-state index >= 15 is 0 Å². The molecule has 0 spiro atoms. The second kappa shape index (κ2) is 9.13. The highest BCUT2D eigenvalue weighted by Crippen LogP contribution is 2.60. The lowest BCUT2D eigenvalue weighted by molar-refractivity contribution is -0.159. The average molecular weight is 572 g/mol. The highest BCUT2D eigenvalue weighted by atomic mass is 79.9. The molecule has 32 heavy (non-hydrogen) atoms. The van der Waals surface area contributed by atoms with Crippen molar-refractivity contribution in [3.8, 4) is 5.75 Å². The number of nitrogens with zero attached hydrogens (tertiary/aromatic N) is 1. The van der Waals surface area contributed by atoms with Gasteiger partial charge < -0.3 is 14.8 Å². The van der Waals surface area contributed by atoms with Gasteiger partial charge in [-0.15, -0.1) is 0 Å². The summed E-state index contributed by atoms with van der Waals surface area (Å²) in [4.78, 5) is 52.0. The molecular weight excluding hydrogens is 548 g/mol. The van der Waals surface area contributed by atoms with Gasteiger partial charge in [-0.05, 0) is 56.4 Å². The molecule has 1 saturated heterocycles. The quantitative estimate of drug-likeness (QED) is 0.307. The van der Waals surface area contributed by atoms with Crippen molar-refractivity contribution in [3.63, 3.8) is 0 Å². The number of esters is 1. The number of anilines is 1. The van der Waals surface area contributed by atoms with E-state index in [-0.39, 0.29) is 33.3 Å². The van der Waals surface area contributed by atoms with Gasteiger partial charge in [0.2, 0.25) is 11.8 Å². The van der Waals surface area contributed by atoms with Crippen LogP contribution in [0.3, 0.4) is 0 Å². The third kappa shape index (κ3) is 3.96. The number of carbonyl (C=O) groups is 4. The molecular formula is C22H24Br2N2O6. The Labute approximate surface area is 202 Å². The molecule has 2 bridgehead atoms. The summed E-state index contributed by atoms with van der Waals surface area (Å²) in [6.45, 7) is 3.36. The number of carbonyl (C=O) groups excluding carboxylic acids is 4. The number of rotatable bonds is 7. The number of amides is 3. The fourth-order valence-corrected chi connectivity index (χ4v) is 6.99. The van der Waals surface area contributed by atoms with Gasteiger partial charge >= 0.3 is 5.97 Å². The van der Waals surface area contributed by atoms with Gasteiger partial charge in [0.05, 0.1) is 18.4 Å². The Morgan fingerprint density at radius 1 is 1.09 bits per heavy atom. The number of benzene rings is 1. The molecule has 1 aromatic carbocycles. The summed E-state index contributed by atoms with van der Waals surface area (Å²) in [5.41, 5.74) is 0.532. The summed E-state index contributed by atoms with van der Waals surface area (Å²) < 4.78 is 10.4. The second-order valence-electron chi connectivity index (χ2n) is 8.34. The number of halogens is 2. The summed E-state index contributed by atoms with van der Waals surface area (Å²) in [7, 11) is 0. The van der Waals surface area contributed by atoms with Crippen molar-refractivity contribution in [1.82, 2.24) is 4.90 Å². The van der Waals surface area contributed by atoms with E-state index < -0.39 is 36.4 Å². The number of fused-ring (bicyclic) bond motifs is 5. The molecule has 10 heteroatoms. The first kappa shape index (κ1) is 23.2. The number of hydrogen-bond donors (Lipinski definition) is 1. The van der Waals surface area contributed by atoms with Gasteiger partial charge in [0.1, 0.15) is 11.8 Å². The third-order valence-corrected chi connectivity index (χ3v) is 9.75. The topological polar surface area (TPSA) is 102 Å². The maximum atomic E-state index is 13.0. The Balaban J connectivity index is 1.32. The van der Waals surface area contributed by atoms with Crippen LogP contribution in [-0.4, -0.2) is 57.5 Å². The minimum absolute atomic E-state index is 0.0685. The second-order valence-corrected chi connectivity index (χ2v) is 10.5. The van der Waals surface area contributed by atoms with E-state index in [1.165, 1.54) is 6.92 Å². The van der Waals surface area contributed by atoms with Crippen LogP contribution < -0.4 is 10.1 Å². The van der Waals surface area contributed by atoms with E-state index in [1.807, 2.05) is 6.92 Å². The molecule has 3 fully saturated rings. The number of alkyl halides is 2. The SMILES string of the molecule is CCOc1ccc(NC(=O)COC(=O)[C@H](C)N2C(=O)[C@@H]3[C@H]4C[C@@H]([C@H](Br)[C@@H]4Br)[C@@H]3C2=O)cc1. The first-order valence-corrected chi connectivity index (χ1v) is 12.4. The van der Waals surface area contributed by atoms with Crippen molar-refractivity contribution in [2.75, 3.05) is 18.5 Å². The fourth-order valence-electron chi connectivity index (χ4n) is 5.11. The summed E-state index contributed by atoms with van der Waals surface area (Å²) in [6, 6.07) is 5.71. The van der Waals surface area contributed by atoms with E-state index in [0.717, 1.165) is 11.3 Å². The Bertz CT molecular complexity index is 907. The van der Waals surface area contributed by atoms with Gasteiger partial charge in [-0.2, -0.15) is 0 Å².